The molecule has 0 aromatic heterocycles. The highest BCUT2D eigenvalue weighted by atomic mass is 15.0. The maximum absolute atomic E-state index is 3.79. The minimum Gasteiger partial charge on any atom is -0.315 e. The first-order valence-corrected chi connectivity index (χ1v) is 5.81. The Bertz CT molecular complexity index is 152. The third-order valence-corrected chi connectivity index (χ3v) is 3.47. The van der Waals surface area contributed by atoms with Gasteiger partial charge in [-0.15, -0.1) is 0 Å². The van der Waals surface area contributed by atoms with Gasteiger partial charge in [-0.2, -0.15) is 0 Å². The molecule has 1 heterocycles. The van der Waals surface area contributed by atoms with Crippen LogP contribution in [0.1, 0.15) is 39.0 Å². The van der Waals surface area contributed by atoms with Gasteiger partial charge in [0.1, 0.15) is 0 Å². The molecular formula is C11H22N2. The van der Waals surface area contributed by atoms with Gasteiger partial charge in [-0.1, -0.05) is 19.8 Å². The van der Waals surface area contributed by atoms with Gasteiger partial charge in [0, 0.05) is 18.6 Å². The van der Waals surface area contributed by atoms with E-state index in [0.717, 1.165) is 18.0 Å². The van der Waals surface area contributed by atoms with Crippen LogP contribution in [-0.4, -0.2) is 25.2 Å². The molecule has 2 fully saturated rings. The van der Waals surface area contributed by atoms with Crippen LogP contribution in [0.25, 0.3) is 0 Å². The fourth-order valence-electron chi connectivity index (χ4n) is 2.72. The predicted molar refractivity (Wildman–Crippen MR) is 55.8 cm³/mol. The largest absolute Gasteiger partial charge is 0.315 e. The highest BCUT2D eigenvalue weighted by Crippen LogP contribution is 2.24. The maximum atomic E-state index is 3.79. The van der Waals surface area contributed by atoms with Crippen LogP contribution in [0.15, 0.2) is 0 Å². The molecule has 3 atom stereocenters. The topological polar surface area (TPSA) is 24.1 Å². The second-order valence-electron chi connectivity index (χ2n) is 4.83. The SMILES string of the molecule is CC1CCCC(NC2CCNC2)C1. The summed E-state index contributed by atoms with van der Waals surface area (Å²) in [6.07, 6.45) is 7.00. The Morgan fingerprint density at radius 3 is 2.77 bits per heavy atom. The van der Waals surface area contributed by atoms with Crippen LogP contribution in [0.2, 0.25) is 0 Å². The van der Waals surface area contributed by atoms with Gasteiger partial charge in [0.05, 0.1) is 0 Å². The summed E-state index contributed by atoms with van der Waals surface area (Å²) < 4.78 is 0. The van der Waals surface area contributed by atoms with E-state index in [1.807, 2.05) is 0 Å². The molecule has 2 N–H and O–H groups in total. The van der Waals surface area contributed by atoms with Gasteiger partial charge in [-0.05, 0) is 31.7 Å². The van der Waals surface area contributed by atoms with Gasteiger partial charge in [-0.3, -0.25) is 0 Å². The zero-order chi connectivity index (χ0) is 9.10. The Morgan fingerprint density at radius 2 is 2.08 bits per heavy atom. The van der Waals surface area contributed by atoms with Gasteiger partial charge in [0.2, 0.25) is 0 Å². The molecule has 0 aromatic carbocycles. The van der Waals surface area contributed by atoms with Crippen molar-refractivity contribution in [3.05, 3.63) is 0 Å². The van der Waals surface area contributed by atoms with Crippen LogP contribution in [0, 0.1) is 5.92 Å². The lowest BCUT2D eigenvalue weighted by atomic mass is 9.87. The molecule has 0 radical (unpaired) electrons. The molecule has 1 saturated heterocycles. The van der Waals surface area contributed by atoms with Crippen LogP contribution in [0.4, 0.5) is 0 Å². The van der Waals surface area contributed by atoms with E-state index in [1.165, 1.54) is 45.2 Å². The van der Waals surface area contributed by atoms with Gasteiger partial charge < -0.3 is 10.6 Å². The van der Waals surface area contributed by atoms with E-state index in [2.05, 4.69) is 17.6 Å². The number of nitrogens with one attached hydrogen (secondary N) is 2. The summed E-state index contributed by atoms with van der Waals surface area (Å²) in [5, 5.41) is 7.20. The minimum absolute atomic E-state index is 0.760. The van der Waals surface area contributed by atoms with Crippen LogP contribution < -0.4 is 10.6 Å². The summed E-state index contributed by atoms with van der Waals surface area (Å²) in [5.74, 6) is 0.945. The molecule has 0 spiro atoms. The number of hydrogen-bond donors (Lipinski definition) is 2. The molecular weight excluding hydrogens is 160 g/mol. The first-order chi connectivity index (χ1) is 6.34. The van der Waals surface area contributed by atoms with Crippen molar-refractivity contribution in [1.29, 1.82) is 0 Å². The van der Waals surface area contributed by atoms with Crippen molar-refractivity contribution >= 4 is 0 Å². The summed E-state index contributed by atoms with van der Waals surface area (Å²) >= 11 is 0. The summed E-state index contributed by atoms with van der Waals surface area (Å²) in [6.45, 7) is 4.78. The molecule has 2 heteroatoms. The van der Waals surface area contributed by atoms with Crippen LogP contribution in [0.3, 0.4) is 0 Å². The lowest BCUT2D eigenvalue weighted by Gasteiger charge is -2.29. The van der Waals surface area contributed by atoms with Crippen molar-refractivity contribution in [2.24, 2.45) is 5.92 Å². The van der Waals surface area contributed by atoms with Crippen molar-refractivity contribution in [3.8, 4) is 0 Å². The smallest absolute Gasteiger partial charge is 0.0207 e. The second kappa shape index (κ2) is 4.43. The zero-order valence-corrected chi connectivity index (χ0v) is 8.68. The average molecular weight is 182 g/mol. The molecule has 2 aliphatic rings. The first kappa shape index (κ1) is 9.47. The standard InChI is InChI=1S/C11H22N2/c1-9-3-2-4-10(7-9)13-11-5-6-12-8-11/h9-13H,2-8H2,1H3. The van der Waals surface area contributed by atoms with E-state index in [4.69, 9.17) is 0 Å². The number of rotatable bonds is 2. The van der Waals surface area contributed by atoms with Crippen molar-refractivity contribution in [1.82, 2.24) is 10.6 Å². The van der Waals surface area contributed by atoms with Gasteiger partial charge in [0.25, 0.3) is 0 Å². The Kier molecular flexibility index (Phi) is 3.23. The van der Waals surface area contributed by atoms with E-state index in [1.54, 1.807) is 0 Å². The molecule has 76 valence electrons. The fraction of sp³-hybridized carbons (Fsp3) is 1.00. The lowest BCUT2D eigenvalue weighted by molar-refractivity contribution is 0.284. The molecule has 13 heavy (non-hydrogen) atoms. The predicted octanol–water partition coefficient (Wildman–Crippen LogP) is 1.52. The van der Waals surface area contributed by atoms with Crippen molar-refractivity contribution in [2.75, 3.05) is 13.1 Å². The van der Waals surface area contributed by atoms with Crippen LogP contribution in [0.5, 0.6) is 0 Å². The highest BCUT2D eigenvalue weighted by molar-refractivity contribution is 4.84. The van der Waals surface area contributed by atoms with E-state index in [9.17, 15) is 0 Å². The quantitative estimate of drug-likeness (QED) is 0.676. The Balaban J connectivity index is 1.73. The van der Waals surface area contributed by atoms with Crippen LogP contribution in [-0.2, 0) is 0 Å². The van der Waals surface area contributed by atoms with E-state index in [0.29, 0.717) is 0 Å². The fourth-order valence-corrected chi connectivity index (χ4v) is 2.72. The van der Waals surface area contributed by atoms with Crippen molar-refractivity contribution in [2.45, 2.75) is 51.1 Å². The summed E-state index contributed by atoms with van der Waals surface area (Å²) in [5.41, 5.74) is 0. The lowest BCUT2D eigenvalue weighted by Crippen LogP contribution is -2.41. The molecule has 3 unspecified atom stereocenters. The third kappa shape index (κ3) is 2.68. The van der Waals surface area contributed by atoms with Crippen LogP contribution >= 0.6 is 0 Å². The van der Waals surface area contributed by atoms with E-state index in [-0.39, 0.29) is 0 Å². The zero-order valence-electron chi connectivity index (χ0n) is 8.68. The molecule has 2 nitrogen and oxygen atoms in total. The summed E-state index contributed by atoms with van der Waals surface area (Å²) in [4.78, 5) is 0. The molecule has 1 aliphatic heterocycles. The second-order valence-corrected chi connectivity index (χ2v) is 4.83. The normalized spacial score (nSPS) is 40.8. The highest BCUT2D eigenvalue weighted by Gasteiger charge is 2.22. The molecule has 0 amide bonds. The third-order valence-electron chi connectivity index (χ3n) is 3.47. The number of hydrogen-bond acceptors (Lipinski definition) is 2. The van der Waals surface area contributed by atoms with E-state index < -0.39 is 0 Å². The minimum atomic E-state index is 0.760. The molecule has 1 saturated carbocycles. The molecule has 0 aromatic rings. The average Bonchev–Trinajstić information content (AvgIpc) is 2.57. The van der Waals surface area contributed by atoms with Crippen molar-refractivity contribution in [3.63, 3.8) is 0 Å². The molecule has 1 aliphatic carbocycles. The Labute approximate surface area is 81.5 Å². The van der Waals surface area contributed by atoms with E-state index >= 15 is 0 Å². The Morgan fingerprint density at radius 1 is 1.15 bits per heavy atom. The monoisotopic (exact) mass is 182 g/mol. The Hall–Kier alpha value is -0.0800. The first-order valence-electron chi connectivity index (χ1n) is 5.81. The summed E-state index contributed by atoms with van der Waals surface area (Å²) in [7, 11) is 0. The van der Waals surface area contributed by atoms with Crippen molar-refractivity contribution < 1.29 is 0 Å². The van der Waals surface area contributed by atoms with Gasteiger partial charge in [-0.25, -0.2) is 0 Å². The summed E-state index contributed by atoms with van der Waals surface area (Å²) in [6, 6.07) is 1.57. The van der Waals surface area contributed by atoms with Gasteiger partial charge in [0.15, 0.2) is 0 Å². The molecule has 2 rings (SSSR count). The van der Waals surface area contributed by atoms with Gasteiger partial charge >= 0.3 is 0 Å². The molecule has 0 bridgehead atoms. The maximum Gasteiger partial charge on any atom is 0.0207 e.